The summed E-state index contributed by atoms with van der Waals surface area (Å²) in [6.07, 6.45) is 12.7. The monoisotopic (exact) mass is 481 g/mol. The summed E-state index contributed by atoms with van der Waals surface area (Å²) < 4.78 is 1.95. The number of aryl methyl sites for hydroxylation is 1. The molecule has 6 rings (SSSR count). The highest BCUT2D eigenvalue weighted by atomic mass is 16.4. The summed E-state index contributed by atoms with van der Waals surface area (Å²) in [5, 5.41) is 11.0. The highest BCUT2D eigenvalue weighted by molar-refractivity contribution is 6.31. The number of hydrogen-bond donors (Lipinski definition) is 2. The molecule has 7 nitrogen and oxygen atoms in total. The number of carbonyl (C=O) groups is 3. The molecule has 0 radical (unpaired) electrons. The molecule has 0 aromatic carbocycles. The molecule has 4 aliphatic carbocycles. The molecule has 4 saturated carbocycles. The average Bonchev–Trinajstić information content (AvgIpc) is 3.39. The van der Waals surface area contributed by atoms with Crippen LogP contribution in [0.3, 0.4) is 0 Å². The second kappa shape index (κ2) is 9.75. The number of Topliss-reactive ketones (excluding diaryl/α,β-unsaturated/α-hetero) is 1. The number of carbonyl (C=O) groups excluding carboxylic acids is 2. The molecule has 2 heterocycles. The Labute approximate surface area is 207 Å². The van der Waals surface area contributed by atoms with E-state index >= 15 is 0 Å². The second-order valence-corrected chi connectivity index (χ2v) is 11.1. The van der Waals surface area contributed by atoms with Crippen molar-refractivity contribution >= 4 is 23.3 Å². The van der Waals surface area contributed by atoms with Gasteiger partial charge in [-0.25, -0.2) is 9.78 Å². The van der Waals surface area contributed by atoms with E-state index in [-0.39, 0.29) is 5.91 Å². The van der Waals surface area contributed by atoms with Gasteiger partial charge in [0.1, 0.15) is 11.3 Å². The number of fused-ring (bicyclic) bond motifs is 3. The zero-order chi connectivity index (χ0) is 25.4. The Bertz CT molecular complexity index is 1110. The molecule has 0 saturated heterocycles. The smallest absolute Gasteiger partial charge is 0.371 e. The Morgan fingerprint density at radius 1 is 1.09 bits per heavy atom. The lowest BCUT2D eigenvalue weighted by Crippen LogP contribution is -2.57. The summed E-state index contributed by atoms with van der Waals surface area (Å²) in [6.45, 7) is 8.22. The summed E-state index contributed by atoms with van der Waals surface area (Å²) >= 11 is 0. The molecule has 190 valence electrons. The largest absolute Gasteiger partial charge is 0.476 e. The van der Waals surface area contributed by atoms with Gasteiger partial charge in [0.15, 0.2) is 0 Å². The van der Waals surface area contributed by atoms with Gasteiger partial charge in [0.25, 0.3) is 5.91 Å². The number of aromatic nitrogens is 2. The molecule has 0 aliphatic heterocycles. The fraction of sp³-hybridized carbons (Fsp3) is 0.643. The minimum absolute atomic E-state index is 0.0564. The first-order chi connectivity index (χ1) is 16.7. The van der Waals surface area contributed by atoms with Gasteiger partial charge in [-0.1, -0.05) is 33.3 Å². The van der Waals surface area contributed by atoms with Gasteiger partial charge in [-0.3, -0.25) is 14.0 Å². The standard InChI is InChI=1S/C22H27N3O.C3H4O3.C3H8/c1-2-17-12-25-18(4-3-5-19(25)24-17)20(26)23-13-21-8-15-6-14-7-16(11-21)22(21,9-14)10-15;1-2(4)3(5)6;1-3-2/h3-5,12,14-16H,2,6-11,13H2,1H3,(H,23,26);1H3,(H,5,6);3H2,1-2H3. The van der Waals surface area contributed by atoms with Gasteiger partial charge in [-0.15, -0.1) is 0 Å². The van der Waals surface area contributed by atoms with Gasteiger partial charge in [-0.05, 0) is 85.7 Å². The fourth-order valence-electron chi connectivity index (χ4n) is 7.65. The number of imidazole rings is 1. The molecule has 2 N–H and O–H groups in total. The molecule has 7 heteroatoms. The van der Waals surface area contributed by atoms with Gasteiger partial charge in [0.05, 0.1) is 5.69 Å². The number of pyridine rings is 1. The Morgan fingerprint density at radius 2 is 1.77 bits per heavy atom. The average molecular weight is 482 g/mol. The maximum atomic E-state index is 13.0. The second-order valence-electron chi connectivity index (χ2n) is 11.1. The Balaban J connectivity index is 0.000000280. The summed E-state index contributed by atoms with van der Waals surface area (Å²) in [5.41, 5.74) is 3.60. The van der Waals surface area contributed by atoms with Crippen molar-refractivity contribution in [2.24, 2.45) is 28.6 Å². The summed E-state index contributed by atoms with van der Waals surface area (Å²) in [5.74, 6) is 0.736. The molecule has 35 heavy (non-hydrogen) atoms. The fourth-order valence-corrected chi connectivity index (χ4v) is 7.65. The first-order valence-electron chi connectivity index (χ1n) is 13.2. The van der Waals surface area contributed by atoms with E-state index in [4.69, 9.17) is 5.11 Å². The number of carboxylic acid groups (broad SMARTS) is 1. The van der Waals surface area contributed by atoms with E-state index in [2.05, 4.69) is 31.1 Å². The molecule has 5 atom stereocenters. The number of nitrogens with zero attached hydrogens (tertiary/aromatic N) is 2. The van der Waals surface area contributed by atoms with Crippen LogP contribution in [0.15, 0.2) is 24.4 Å². The van der Waals surface area contributed by atoms with Crippen LogP contribution < -0.4 is 5.32 Å². The van der Waals surface area contributed by atoms with Crippen LogP contribution in [0.5, 0.6) is 0 Å². The normalized spacial score (nSPS) is 30.9. The highest BCUT2D eigenvalue weighted by Crippen LogP contribution is 2.80. The van der Waals surface area contributed by atoms with E-state index in [1.54, 1.807) is 0 Å². The zero-order valence-corrected chi connectivity index (χ0v) is 21.5. The number of aliphatic carboxylic acids is 1. The summed E-state index contributed by atoms with van der Waals surface area (Å²) in [7, 11) is 0. The maximum absolute atomic E-state index is 13.0. The SMILES string of the molecule is CC(=O)C(=O)O.CCC.CCc1cn2c(C(=O)NCC34CC5CC6CC(C3)C4(C6)C5)cccc2n1. The molecule has 2 aromatic rings. The third kappa shape index (κ3) is 4.38. The van der Waals surface area contributed by atoms with Crippen LogP contribution >= 0.6 is 0 Å². The highest BCUT2D eigenvalue weighted by Gasteiger charge is 2.73. The molecular weight excluding hydrogens is 442 g/mol. The summed E-state index contributed by atoms with van der Waals surface area (Å²) in [4.78, 5) is 36.5. The van der Waals surface area contributed by atoms with Crippen molar-refractivity contribution in [3.63, 3.8) is 0 Å². The van der Waals surface area contributed by atoms with Crippen molar-refractivity contribution in [3.05, 3.63) is 35.8 Å². The molecule has 1 spiro atoms. The van der Waals surface area contributed by atoms with E-state index in [0.717, 1.165) is 49.0 Å². The van der Waals surface area contributed by atoms with Gasteiger partial charge < -0.3 is 10.4 Å². The van der Waals surface area contributed by atoms with Crippen LogP contribution in [0.25, 0.3) is 5.65 Å². The first-order valence-corrected chi connectivity index (χ1v) is 13.2. The Morgan fingerprint density at radius 3 is 2.43 bits per heavy atom. The molecule has 5 unspecified atom stereocenters. The van der Waals surface area contributed by atoms with Crippen molar-refractivity contribution in [3.8, 4) is 0 Å². The number of carboxylic acids is 1. The van der Waals surface area contributed by atoms with Crippen molar-refractivity contribution < 1.29 is 19.5 Å². The van der Waals surface area contributed by atoms with E-state index in [1.165, 1.54) is 44.9 Å². The van der Waals surface area contributed by atoms with Crippen LogP contribution in [0, 0.1) is 28.6 Å². The molecular formula is C28H39N3O4. The number of nitrogens with one attached hydrogen (secondary N) is 1. The topological polar surface area (TPSA) is 101 Å². The zero-order valence-electron chi connectivity index (χ0n) is 21.5. The predicted octanol–water partition coefficient (Wildman–Crippen LogP) is 4.92. The lowest BCUT2D eigenvalue weighted by atomic mass is 9.46. The maximum Gasteiger partial charge on any atom is 0.371 e. The van der Waals surface area contributed by atoms with Crippen LogP contribution in [0.4, 0.5) is 0 Å². The third-order valence-electron chi connectivity index (χ3n) is 8.77. The molecule has 3 bridgehead atoms. The lowest BCUT2D eigenvalue weighted by molar-refractivity contribution is -0.148. The van der Waals surface area contributed by atoms with Crippen molar-refractivity contribution in [1.82, 2.24) is 14.7 Å². The van der Waals surface area contributed by atoms with E-state index < -0.39 is 11.8 Å². The molecule has 4 fully saturated rings. The van der Waals surface area contributed by atoms with Crippen molar-refractivity contribution in [2.75, 3.05) is 6.54 Å². The van der Waals surface area contributed by atoms with Gasteiger partial charge in [0.2, 0.25) is 5.78 Å². The molecule has 2 aromatic heterocycles. The summed E-state index contributed by atoms with van der Waals surface area (Å²) in [6, 6.07) is 5.83. The molecule has 4 aliphatic rings. The Hall–Kier alpha value is -2.70. The van der Waals surface area contributed by atoms with E-state index in [9.17, 15) is 14.4 Å². The van der Waals surface area contributed by atoms with Crippen LogP contribution in [-0.2, 0) is 16.0 Å². The first kappa shape index (κ1) is 25.4. The van der Waals surface area contributed by atoms with Crippen molar-refractivity contribution in [2.45, 2.75) is 79.1 Å². The quantitative estimate of drug-likeness (QED) is 0.591. The van der Waals surface area contributed by atoms with Crippen LogP contribution in [0.1, 0.15) is 88.8 Å². The van der Waals surface area contributed by atoms with Crippen molar-refractivity contribution in [1.29, 1.82) is 0 Å². The van der Waals surface area contributed by atoms with E-state index in [0.29, 0.717) is 16.5 Å². The number of amides is 1. The van der Waals surface area contributed by atoms with Gasteiger partial charge >= 0.3 is 5.97 Å². The number of ketones is 1. The van der Waals surface area contributed by atoms with E-state index in [1.807, 2.05) is 28.8 Å². The van der Waals surface area contributed by atoms with Crippen LogP contribution in [0.2, 0.25) is 0 Å². The van der Waals surface area contributed by atoms with Gasteiger partial charge in [-0.2, -0.15) is 0 Å². The van der Waals surface area contributed by atoms with Gasteiger partial charge in [0, 0.05) is 19.7 Å². The molecule has 1 amide bonds. The predicted molar refractivity (Wildman–Crippen MR) is 134 cm³/mol. The number of rotatable bonds is 5. The number of hydrogen-bond acceptors (Lipinski definition) is 4. The van der Waals surface area contributed by atoms with Crippen LogP contribution in [-0.4, -0.2) is 38.7 Å². The minimum atomic E-state index is -1.38. The third-order valence-corrected chi connectivity index (χ3v) is 8.77. The lowest BCUT2D eigenvalue weighted by Gasteiger charge is -2.59. The Kier molecular flexibility index (Phi) is 7.07. The minimum Gasteiger partial charge on any atom is -0.476 e.